The van der Waals surface area contributed by atoms with Crippen molar-refractivity contribution in [2.75, 3.05) is 0 Å². The van der Waals surface area contributed by atoms with Gasteiger partial charge >= 0.3 is 0 Å². The Morgan fingerprint density at radius 2 is 1.17 bits per heavy atom. The van der Waals surface area contributed by atoms with Gasteiger partial charge in [-0.05, 0) is 96.9 Å². The van der Waals surface area contributed by atoms with Gasteiger partial charge in [0.25, 0.3) is 0 Å². The van der Waals surface area contributed by atoms with Crippen LogP contribution in [0, 0.1) is 23.5 Å². The van der Waals surface area contributed by atoms with Crippen LogP contribution in [0.25, 0.3) is 11.1 Å². The van der Waals surface area contributed by atoms with Crippen molar-refractivity contribution < 1.29 is 8.78 Å². The molecule has 0 aliphatic heterocycles. The van der Waals surface area contributed by atoms with Crippen molar-refractivity contribution in [2.45, 2.75) is 77.6 Å². The Kier molecular flexibility index (Phi) is 9.38. The molecular formula is C32H37ClF2. The van der Waals surface area contributed by atoms with Gasteiger partial charge in [-0.25, -0.2) is 8.78 Å². The predicted octanol–water partition coefficient (Wildman–Crippen LogP) is 10.00. The number of benzene rings is 3. The van der Waals surface area contributed by atoms with Crippen LogP contribution in [-0.2, 0) is 19.3 Å². The molecule has 0 nitrogen and oxygen atoms in total. The normalized spacial score (nSPS) is 18.1. The first-order chi connectivity index (χ1) is 17.0. The van der Waals surface area contributed by atoms with Crippen LogP contribution in [0.3, 0.4) is 0 Å². The van der Waals surface area contributed by atoms with E-state index in [0.29, 0.717) is 16.5 Å². The Hall–Kier alpha value is -2.19. The van der Waals surface area contributed by atoms with E-state index in [2.05, 4.69) is 31.2 Å². The molecule has 0 atom stereocenters. The van der Waals surface area contributed by atoms with E-state index in [9.17, 15) is 8.78 Å². The molecule has 0 spiro atoms. The highest BCUT2D eigenvalue weighted by Gasteiger charge is 2.21. The predicted molar refractivity (Wildman–Crippen MR) is 144 cm³/mol. The highest BCUT2D eigenvalue weighted by molar-refractivity contribution is 6.30. The Balaban J connectivity index is 1.22. The maximum Gasteiger partial charge on any atom is 0.134 e. The van der Waals surface area contributed by atoms with Gasteiger partial charge in [0.15, 0.2) is 0 Å². The summed E-state index contributed by atoms with van der Waals surface area (Å²) in [5, 5.41) is 0.553. The minimum atomic E-state index is -0.496. The molecule has 0 amide bonds. The van der Waals surface area contributed by atoms with Crippen LogP contribution in [0.5, 0.6) is 0 Å². The Morgan fingerprint density at radius 3 is 1.69 bits per heavy atom. The molecule has 0 saturated heterocycles. The topological polar surface area (TPSA) is 0 Å². The van der Waals surface area contributed by atoms with E-state index in [4.69, 9.17) is 11.6 Å². The SMILES string of the molecule is CCCCc1ccc(CC[C@H]2CC[C@H](CCc3cc(F)c(-c4ccc(Cl)cc4)c(F)c3)CC2)cc1. The highest BCUT2D eigenvalue weighted by atomic mass is 35.5. The lowest BCUT2D eigenvalue weighted by molar-refractivity contribution is 0.253. The van der Waals surface area contributed by atoms with Crippen molar-refractivity contribution in [3.8, 4) is 11.1 Å². The van der Waals surface area contributed by atoms with Crippen molar-refractivity contribution in [1.82, 2.24) is 0 Å². The summed E-state index contributed by atoms with van der Waals surface area (Å²) < 4.78 is 29.5. The number of rotatable bonds is 10. The van der Waals surface area contributed by atoms with Gasteiger partial charge in [-0.15, -0.1) is 0 Å². The van der Waals surface area contributed by atoms with Gasteiger partial charge in [0.1, 0.15) is 11.6 Å². The molecule has 1 saturated carbocycles. The minimum absolute atomic E-state index is 0.0292. The number of halogens is 3. The molecule has 35 heavy (non-hydrogen) atoms. The first-order valence-corrected chi connectivity index (χ1v) is 13.7. The molecule has 0 N–H and O–H groups in total. The molecule has 3 heteroatoms. The lowest BCUT2D eigenvalue weighted by atomic mass is 9.77. The van der Waals surface area contributed by atoms with Crippen LogP contribution < -0.4 is 0 Å². The second-order valence-corrected chi connectivity index (χ2v) is 10.8. The van der Waals surface area contributed by atoms with Crippen molar-refractivity contribution >= 4 is 11.6 Å². The Morgan fingerprint density at radius 1 is 0.686 bits per heavy atom. The summed E-state index contributed by atoms with van der Waals surface area (Å²) in [4.78, 5) is 0. The molecule has 1 fully saturated rings. The lowest BCUT2D eigenvalue weighted by Crippen LogP contribution is -2.16. The summed E-state index contributed by atoms with van der Waals surface area (Å²) in [5.74, 6) is 0.472. The second kappa shape index (κ2) is 12.7. The van der Waals surface area contributed by atoms with Gasteiger partial charge < -0.3 is 0 Å². The Bertz CT molecular complexity index is 1040. The van der Waals surface area contributed by atoms with Gasteiger partial charge in [0.05, 0.1) is 5.56 Å². The van der Waals surface area contributed by atoms with Crippen LogP contribution in [0.15, 0.2) is 60.7 Å². The van der Waals surface area contributed by atoms with Gasteiger partial charge in [0.2, 0.25) is 0 Å². The highest BCUT2D eigenvalue weighted by Crippen LogP contribution is 2.35. The van der Waals surface area contributed by atoms with Crippen LogP contribution in [0.2, 0.25) is 5.02 Å². The molecule has 186 valence electrons. The third-order valence-corrected chi connectivity index (χ3v) is 7.98. The third kappa shape index (κ3) is 7.40. The van der Waals surface area contributed by atoms with E-state index in [1.165, 1.54) is 81.0 Å². The van der Waals surface area contributed by atoms with Crippen LogP contribution in [0.4, 0.5) is 8.78 Å². The van der Waals surface area contributed by atoms with Gasteiger partial charge in [0, 0.05) is 5.02 Å². The number of hydrogen-bond acceptors (Lipinski definition) is 0. The molecule has 1 aliphatic rings. The van der Waals surface area contributed by atoms with E-state index < -0.39 is 11.6 Å². The van der Waals surface area contributed by atoms with Crippen LogP contribution >= 0.6 is 11.6 Å². The fraction of sp³-hybridized carbons (Fsp3) is 0.438. The summed E-state index contributed by atoms with van der Waals surface area (Å²) in [6.07, 6.45) is 12.9. The summed E-state index contributed by atoms with van der Waals surface area (Å²) in [6.45, 7) is 2.24. The maximum absolute atomic E-state index is 14.7. The van der Waals surface area contributed by atoms with E-state index in [-0.39, 0.29) is 5.56 Å². The molecule has 3 aromatic carbocycles. The number of unbranched alkanes of at least 4 members (excludes halogenated alkanes) is 1. The molecule has 3 aromatic rings. The first-order valence-electron chi connectivity index (χ1n) is 13.3. The fourth-order valence-electron chi connectivity index (χ4n) is 5.47. The zero-order valence-corrected chi connectivity index (χ0v) is 21.6. The maximum atomic E-state index is 14.7. The Labute approximate surface area is 214 Å². The van der Waals surface area contributed by atoms with Gasteiger partial charge in [-0.2, -0.15) is 0 Å². The van der Waals surface area contributed by atoms with E-state index in [0.717, 1.165) is 24.3 Å². The zero-order valence-electron chi connectivity index (χ0n) is 20.8. The molecule has 0 unspecified atom stereocenters. The molecule has 0 aromatic heterocycles. The lowest BCUT2D eigenvalue weighted by Gasteiger charge is -2.28. The van der Waals surface area contributed by atoms with Gasteiger partial charge in [-0.1, -0.05) is 87.0 Å². The van der Waals surface area contributed by atoms with Crippen LogP contribution in [-0.4, -0.2) is 0 Å². The smallest absolute Gasteiger partial charge is 0.134 e. The molecule has 0 bridgehead atoms. The zero-order chi connectivity index (χ0) is 24.6. The largest absolute Gasteiger partial charge is 0.206 e. The van der Waals surface area contributed by atoms with E-state index in [1.54, 1.807) is 24.3 Å². The standard InChI is InChI=1S/C32H37ClF2/c1-2-3-4-23-5-7-24(8-6-23)9-10-25-11-13-26(14-12-25)15-16-27-21-30(34)32(31(35)22-27)28-17-19-29(33)20-18-28/h5-8,17-22,25-26H,2-4,9-16H2,1H3/t25-,26-. The quantitative estimate of drug-likeness (QED) is 0.263. The molecular weight excluding hydrogens is 458 g/mol. The summed E-state index contributed by atoms with van der Waals surface area (Å²) in [7, 11) is 0. The number of hydrogen-bond donors (Lipinski definition) is 0. The minimum Gasteiger partial charge on any atom is -0.206 e. The molecule has 1 aliphatic carbocycles. The second-order valence-electron chi connectivity index (χ2n) is 10.3. The van der Waals surface area contributed by atoms with E-state index >= 15 is 0 Å². The van der Waals surface area contributed by atoms with E-state index in [1.807, 2.05) is 0 Å². The van der Waals surface area contributed by atoms with Crippen molar-refractivity contribution in [3.63, 3.8) is 0 Å². The number of aryl methyl sites for hydroxylation is 3. The summed E-state index contributed by atoms with van der Waals surface area (Å²) in [5.41, 5.74) is 4.21. The fourth-order valence-corrected chi connectivity index (χ4v) is 5.59. The third-order valence-electron chi connectivity index (χ3n) is 7.73. The average Bonchev–Trinajstić information content (AvgIpc) is 2.87. The van der Waals surface area contributed by atoms with Crippen molar-refractivity contribution in [1.29, 1.82) is 0 Å². The van der Waals surface area contributed by atoms with Crippen LogP contribution in [0.1, 0.15) is 75.0 Å². The van der Waals surface area contributed by atoms with Gasteiger partial charge in [-0.3, -0.25) is 0 Å². The summed E-state index contributed by atoms with van der Waals surface area (Å²) >= 11 is 5.91. The van der Waals surface area contributed by atoms with Crippen molar-refractivity contribution in [2.24, 2.45) is 11.8 Å². The molecule has 0 radical (unpaired) electrons. The average molecular weight is 495 g/mol. The monoisotopic (exact) mass is 494 g/mol. The van der Waals surface area contributed by atoms with Crippen molar-refractivity contribution in [3.05, 3.63) is 94.0 Å². The first kappa shape index (κ1) is 25.9. The molecule has 4 rings (SSSR count). The molecule has 0 heterocycles. The summed E-state index contributed by atoms with van der Waals surface area (Å²) in [6, 6.07) is 18.9.